The van der Waals surface area contributed by atoms with Crippen molar-refractivity contribution in [2.45, 2.75) is 12.8 Å². The molecule has 0 aromatic heterocycles. The molecule has 1 aromatic carbocycles. The Hall–Kier alpha value is -2.41. The third-order valence-electron chi connectivity index (χ3n) is 2.27. The Morgan fingerprint density at radius 2 is 1.89 bits per heavy atom. The summed E-state index contributed by atoms with van der Waals surface area (Å²) in [7, 11) is 1.29. The molecule has 0 saturated carbocycles. The largest absolute Gasteiger partial charge is 0.469 e. The fourth-order valence-corrected chi connectivity index (χ4v) is 1.31. The first-order chi connectivity index (χ1) is 8.67. The fraction of sp³-hybridized carbons (Fsp3) is 0.214. The summed E-state index contributed by atoms with van der Waals surface area (Å²) in [4.78, 5) is 32.6. The second-order valence-corrected chi connectivity index (χ2v) is 3.46. The second-order valence-electron chi connectivity index (χ2n) is 3.46. The van der Waals surface area contributed by atoms with Crippen LogP contribution in [0.1, 0.15) is 28.8 Å². The van der Waals surface area contributed by atoms with E-state index in [9.17, 15) is 14.4 Å². The van der Waals surface area contributed by atoms with E-state index in [0.717, 1.165) is 0 Å². The van der Waals surface area contributed by atoms with Crippen LogP contribution in [0.3, 0.4) is 0 Å². The normalized spacial score (nSPS) is 8.94. The van der Waals surface area contributed by atoms with Gasteiger partial charge in [-0.2, -0.15) is 0 Å². The van der Waals surface area contributed by atoms with E-state index in [2.05, 4.69) is 16.6 Å². The van der Waals surface area contributed by atoms with Crippen LogP contribution in [-0.4, -0.2) is 25.1 Å². The number of benzene rings is 1. The zero-order valence-corrected chi connectivity index (χ0v) is 9.93. The maximum absolute atomic E-state index is 11.7. The number of ketones is 1. The lowest BCUT2D eigenvalue weighted by Gasteiger charge is -2.00. The molecule has 1 rings (SSSR count). The van der Waals surface area contributed by atoms with Crippen molar-refractivity contribution in [3.8, 4) is 11.8 Å². The summed E-state index contributed by atoms with van der Waals surface area (Å²) in [5, 5.41) is 0. The van der Waals surface area contributed by atoms with E-state index in [0.29, 0.717) is 17.4 Å². The van der Waals surface area contributed by atoms with Gasteiger partial charge in [0, 0.05) is 17.5 Å². The average Bonchev–Trinajstić information content (AvgIpc) is 2.42. The predicted molar refractivity (Wildman–Crippen MR) is 65.0 cm³/mol. The quantitative estimate of drug-likeness (QED) is 0.347. The van der Waals surface area contributed by atoms with Crippen LogP contribution >= 0.6 is 0 Å². The van der Waals surface area contributed by atoms with Crippen LogP contribution in [0, 0.1) is 11.8 Å². The molecule has 0 N–H and O–H groups in total. The summed E-state index contributed by atoms with van der Waals surface area (Å²) in [5.74, 6) is 4.37. The van der Waals surface area contributed by atoms with Gasteiger partial charge in [-0.15, -0.1) is 0 Å². The molecule has 18 heavy (non-hydrogen) atoms. The van der Waals surface area contributed by atoms with Crippen LogP contribution in [0.4, 0.5) is 0 Å². The van der Waals surface area contributed by atoms with Crippen molar-refractivity contribution in [2.24, 2.45) is 0 Å². The first-order valence-electron chi connectivity index (χ1n) is 5.32. The van der Waals surface area contributed by atoms with E-state index < -0.39 is 5.97 Å². The molecule has 0 atom stereocenters. The van der Waals surface area contributed by atoms with Crippen LogP contribution in [0.2, 0.25) is 0 Å². The van der Waals surface area contributed by atoms with Crippen LogP contribution in [0.25, 0.3) is 0 Å². The maximum atomic E-state index is 11.7. The van der Waals surface area contributed by atoms with Gasteiger partial charge in [0.1, 0.15) is 0 Å². The van der Waals surface area contributed by atoms with E-state index >= 15 is 0 Å². The minimum absolute atomic E-state index is 0.0715. The lowest BCUT2D eigenvalue weighted by molar-refractivity contribution is -0.140. The Balaban J connectivity index is 2.64. The highest BCUT2D eigenvalue weighted by Crippen LogP contribution is 2.08. The predicted octanol–water partition coefficient (Wildman–Crippen LogP) is 1.37. The van der Waals surface area contributed by atoms with Gasteiger partial charge in [-0.3, -0.25) is 14.4 Å². The van der Waals surface area contributed by atoms with Crippen molar-refractivity contribution < 1.29 is 19.1 Å². The van der Waals surface area contributed by atoms with Crippen molar-refractivity contribution in [1.29, 1.82) is 0 Å². The van der Waals surface area contributed by atoms with Gasteiger partial charge >= 0.3 is 5.97 Å². The molecule has 0 aliphatic carbocycles. The fourth-order valence-electron chi connectivity index (χ4n) is 1.31. The number of rotatable bonds is 4. The number of Topliss-reactive ketones (excluding diaryl/α,β-unsaturated/α-hetero) is 1. The SMILES string of the molecule is COC(=O)CCC(=O)c1ccc(C#CC=O)cc1. The molecule has 1 aromatic rings. The monoisotopic (exact) mass is 244 g/mol. The highest BCUT2D eigenvalue weighted by molar-refractivity contribution is 5.97. The first-order valence-corrected chi connectivity index (χ1v) is 5.32. The molecule has 0 aliphatic rings. The molecule has 0 unspecified atom stereocenters. The molecule has 0 bridgehead atoms. The van der Waals surface area contributed by atoms with Crippen LogP contribution in [-0.2, 0) is 14.3 Å². The van der Waals surface area contributed by atoms with Crippen LogP contribution in [0.15, 0.2) is 24.3 Å². The Kier molecular flexibility index (Phi) is 5.33. The summed E-state index contributed by atoms with van der Waals surface area (Å²) < 4.78 is 4.46. The van der Waals surface area contributed by atoms with Gasteiger partial charge < -0.3 is 4.74 Å². The van der Waals surface area contributed by atoms with Crippen LogP contribution < -0.4 is 0 Å². The molecule has 0 amide bonds. The van der Waals surface area contributed by atoms with Crippen molar-refractivity contribution in [2.75, 3.05) is 7.11 Å². The van der Waals surface area contributed by atoms with Crippen molar-refractivity contribution in [1.82, 2.24) is 0 Å². The highest BCUT2D eigenvalue weighted by Gasteiger charge is 2.08. The molecule has 0 heterocycles. The molecule has 4 nitrogen and oxygen atoms in total. The molecular weight excluding hydrogens is 232 g/mol. The summed E-state index contributed by atoms with van der Waals surface area (Å²) in [6.45, 7) is 0. The van der Waals surface area contributed by atoms with E-state index in [-0.39, 0.29) is 18.6 Å². The molecule has 0 radical (unpaired) electrons. The third-order valence-corrected chi connectivity index (χ3v) is 2.27. The topological polar surface area (TPSA) is 60.4 Å². The van der Waals surface area contributed by atoms with Gasteiger partial charge in [0.2, 0.25) is 0 Å². The van der Waals surface area contributed by atoms with E-state index in [1.807, 2.05) is 0 Å². The van der Waals surface area contributed by atoms with Gasteiger partial charge in [0.05, 0.1) is 13.5 Å². The van der Waals surface area contributed by atoms with E-state index in [1.165, 1.54) is 7.11 Å². The number of aldehydes is 1. The number of carbonyl (C=O) groups is 3. The zero-order valence-electron chi connectivity index (χ0n) is 9.93. The standard InChI is InChI=1S/C14H12O4/c1-18-14(17)9-8-13(16)12-6-4-11(5-7-12)3-2-10-15/h4-7,10H,8-9H2,1H3. The molecule has 0 aliphatic heterocycles. The van der Waals surface area contributed by atoms with Crippen molar-refractivity contribution in [3.63, 3.8) is 0 Å². The number of hydrogen-bond acceptors (Lipinski definition) is 4. The highest BCUT2D eigenvalue weighted by atomic mass is 16.5. The van der Waals surface area contributed by atoms with Crippen molar-refractivity contribution >= 4 is 18.0 Å². The molecule has 0 saturated heterocycles. The van der Waals surface area contributed by atoms with Crippen molar-refractivity contribution in [3.05, 3.63) is 35.4 Å². The minimum atomic E-state index is -0.406. The number of methoxy groups -OCH3 is 1. The van der Waals surface area contributed by atoms with Gasteiger partial charge in [-0.05, 0) is 18.1 Å². The Labute approximate surface area is 105 Å². The zero-order chi connectivity index (χ0) is 13.4. The molecule has 0 spiro atoms. The molecule has 0 fully saturated rings. The van der Waals surface area contributed by atoms with E-state index in [4.69, 9.17) is 0 Å². The van der Waals surface area contributed by atoms with Gasteiger partial charge in [-0.1, -0.05) is 18.1 Å². The Morgan fingerprint density at radius 1 is 1.22 bits per heavy atom. The number of hydrogen-bond donors (Lipinski definition) is 0. The Bertz CT molecular complexity index is 503. The average molecular weight is 244 g/mol. The van der Waals surface area contributed by atoms with Crippen LogP contribution in [0.5, 0.6) is 0 Å². The molecule has 92 valence electrons. The summed E-state index contributed by atoms with van der Waals surface area (Å²) >= 11 is 0. The number of carbonyl (C=O) groups excluding carboxylic acids is 3. The summed E-state index contributed by atoms with van der Waals surface area (Å²) in [5.41, 5.74) is 1.17. The lowest BCUT2D eigenvalue weighted by Crippen LogP contribution is -2.05. The van der Waals surface area contributed by atoms with Gasteiger partial charge in [0.15, 0.2) is 12.1 Å². The smallest absolute Gasteiger partial charge is 0.305 e. The Morgan fingerprint density at radius 3 is 2.44 bits per heavy atom. The third kappa shape index (κ3) is 4.22. The van der Waals surface area contributed by atoms with Gasteiger partial charge in [-0.25, -0.2) is 0 Å². The summed E-state index contributed by atoms with van der Waals surface area (Å²) in [6, 6.07) is 6.55. The second kappa shape index (κ2) is 7.02. The minimum Gasteiger partial charge on any atom is -0.469 e. The maximum Gasteiger partial charge on any atom is 0.305 e. The molecule has 4 heteroatoms. The first kappa shape index (κ1) is 13.7. The lowest BCUT2D eigenvalue weighted by atomic mass is 10.0. The number of ether oxygens (including phenoxy) is 1. The number of esters is 1. The van der Waals surface area contributed by atoms with Gasteiger partial charge in [0.25, 0.3) is 0 Å². The molecular formula is C14H12O4. The summed E-state index contributed by atoms with van der Waals surface area (Å²) in [6.07, 6.45) is 0.698. The van der Waals surface area contributed by atoms with E-state index in [1.54, 1.807) is 24.3 Å².